The van der Waals surface area contributed by atoms with Gasteiger partial charge in [-0.25, -0.2) is 16.8 Å². The first kappa shape index (κ1) is 23.2. The quantitative estimate of drug-likeness (QED) is 0.352. The molecule has 33 heavy (non-hydrogen) atoms. The maximum absolute atomic E-state index is 12.9. The van der Waals surface area contributed by atoms with Crippen LogP contribution < -0.4 is 4.72 Å². The second-order valence-corrected chi connectivity index (χ2v) is 11.4. The molecule has 0 amide bonds. The van der Waals surface area contributed by atoms with E-state index in [1.54, 1.807) is 24.3 Å². The van der Waals surface area contributed by atoms with Gasteiger partial charge >= 0.3 is 0 Å². The van der Waals surface area contributed by atoms with Crippen molar-refractivity contribution in [3.8, 4) is 11.1 Å². The van der Waals surface area contributed by atoms with E-state index in [0.717, 1.165) is 0 Å². The number of aromatic amines is 1. The Morgan fingerprint density at radius 3 is 2.06 bits per heavy atom. The van der Waals surface area contributed by atoms with Crippen LogP contribution in [0, 0.1) is 0 Å². The number of nitrogens with one attached hydrogen (secondary N) is 2. The summed E-state index contributed by atoms with van der Waals surface area (Å²) in [6.45, 7) is 0. The van der Waals surface area contributed by atoms with E-state index in [-0.39, 0.29) is 16.8 Å². The second-order valence-electron chi connectivity index (χ2n) is 6.84. The molecule has 0 unspecified atom stereocenters. The maximum Gasteiger partial charge on any atom is 0.241 e. The van der Waals surface area contributed by atoms with Crippen LogP contribution in [-0.2, 0) is 31.4 Å². The summed E-state index contributed by atoms with van der Waals surface area (Å²) in [4.78, 5) is 0. The first-order chi connectivity index (χ1) is 15.6. The Bertz CT molecular complexity index is 1480. The Labute approximate surface area is 198 Å². The second kappa shape index (κ2) is 9.14. The van der Waals surface area contributed by atoms with Crippen LogP contribution in [0.4, 0.5) is 5.69 Å². The van der Waals surface area contributed by atoms with Gasteiger partial charge in [0.25, 0.3) is 0 Å². The van der Waals surface area contributed by atoms with Crippen LogP contribution in [0.25, 0.3) is 11.1 Å². The minimum absolute atomic E-state index is 0.137. The van der Waals surface area contributed by atoms with Crippen molar-refractivity contribution < 1.29 is 21.3 Å². The van der Waals surface area contributed by atoms with E-state index >= 15 is 0 Å². The molecule has 2 aromatic heterocycles. The fourth-order valence-electron chi connectivity index (χ4n) is 2.88. The molecule has 0 aliphatic heterocycles. The normalized spacial score (nSPS) is 12.1. The fraction of sp³-hybridized carbons (Fsp3) is 0.105. The number of rotatable bonds is 8. The number of hydrogen-bond acceptors (Lipinski definition) is 8. The lowest BCUT2D eigenvalue weighted by molar-refractivity contribution is 0.472. The smallest absolute Gasteiger partial charge is 0.241 e. The Morgan fingerprint density at radius 2 is 1.42 bits per heavy atom. The largest absolute Gasteiger partial charge is 0.423 e. The predicted molar refractivity (Wildman–Crippen MR) is 122 cm³/mol. The topological polar surface area (TPSA) is 148 Å². The standard InChI is InChI=1S/C19H15Cl2N5O5S2/c20-13-3-1-12(2-4-13)16-9-22-25-19(16)32(27,28)10-17-23-24-18(31-17)11-33(29,30)26-15-7-5-14(21)6-8-15/h1-9,26H,10-11H2,(H,22,25). The summed E-state index contributed by atoms with van der Waals surface area (Å²) in [7, 11) is -7.85. The number of halogens is 2. The number of hydrogen-bond donors (Lipinski definition) is 2. The third kappa shape index (κ3) is 5.71. The lowest BCUT2D eigenvalue weighted by Crippen LogP contribution is -2.15. The van der Waals surface area contributed by atoms with Gasteiger partial charge in [0, 0.05) is 21.3 Å². The van der Waals surface area contributed by atoms with E-state index in [1.165, 1.54) is 30.5 Å². The van der Waals surface area contributed by atoms with Crippen molar-refractivity contribution in [3.05, 3.63) is 76.6 Å². The minimum Gasteiger partial charge on any atom is -0.423 e. The number of benzene rings is 2. The first-order valence-electron chi connectivity index (χ1n) is 9.21. The molecule has 4 rings (SSSR count). The molecule has 0 saturated heterocycles. The summed E-state index contributed by atoms with van der Waals surface area (Å²) in [6.07, 6.45) is 1.38. The van der Waals surface area contributed by atoms with Crippen molar-refractivity contribution in [3.63, 3.8) is 0 Å². The zero-order valence-corrected chi connectivity index (χ0v) is 19.7. The lowest BCUT2D eigenvalue weighted by atomic mass is 10.1. The van der Waals surface area contributed by atoms with Crippen LogP contribution in [-0.4, -0.2) is 37.2 Å². The van der Waals surface area contributed by atoms with Crippen LogP contribution in [0.5, 0.6) is 0 Å². The van der Waals surface area contributed by atoms with Crippen molar-refractivity contribution >= 4 is 48.7 Å². The molecule has 2 N–H and O–H groups in total. The average molecular weight is 528 g/mol. The molecule has 0 saturated carbocycles. The van der Waals surface area contributed by atoms with Crippen LogP contribution in [0.2, 0.25) is 10.0 Å². The summed E-state index contributed by atoms with van der Waals surface area (Å²) < 4.78 is 58.2. The molecule has 0 spiro atoms. The lowest BCUT2D eigenvalue weighted by Gasteiger charge is -2.06. The molecule has 172 valence electrons. The number of nitrogens with zero attached hydrogens (tertiary/aromatic N) is 3. The van der Waals surface area contributed by atoms with Crippen molar-refractivity contribution in [1.82, 2.24) is 20.4 Å². The van der Waals surface area contributed by atoms with Crippen molar-refractivity contribution in [2.45, 2.75) is 16.5 Å². The monoisotopic (exact) mass is 527 g/mol. The number of H-pyrrole nitrogens is 1. The van der Waals surface area contributed by atoms with Crippen LogP contribution >= 0.6 is 23.2 Å². The van der Waals surface area contributed by atoms with E-state index in [0.29, 0.717) is 26.9 Å². The molecule has 0 bridgehead atoms. The van der Waals surface area contributed by atoms with Crippen molar-refractivity contribution in [2.75, 3.05) is 4.72 Å². The summed E-state index contributed by atoms with van der Waals surface area (Å²) in [5, 5.41) is 14.5. The van der Waals surface area contributed by atoms with E-state index in [1.807, 2.05) is 0 Å². The van der Waals surface area contributed by atoms with E-state index in [2.05, 4.69) is 25.1 Å². The molecule has 0 radical (unpaired) electrons. The van der Waals surface area contributed by atoms with Gasteiger partial charge in [-0.3, -0.25) is 9.82 Å². The molecular formula is C19H15Cl2N5O5S2. The number of anilines is 1. The van der Waals surface area contributed by atoms with Gasteiger partial charge in [0.15, 0.2) is 5.03 Å². The van der Waals surface area contributed by atoms with Gasteiger partial charge in [-0.2, -0.15) is 5.10 Å². The van der Waals surface area contributed by atoms with E-state index in [9.17, 15) is 16.8 Å². The molecular weight excluding hydrogens is 513 g/mol. The molecule has 0 atom stereocenters. The van der Waals surface area contributed by atoms with Crippen LogP contribution in [0.1, 0.15) is 11.8 Å². The highest BCUT2D eigenvalue weighted by Gasteiger charge is 2.26. The highest BCUT2D eigenvalue weighted by Crippen LogP contribution is 2.28. The Balaban J connectivity index is 1.49. The number of sulfonamides is 1. The van der Waals surface area contributed by atoms with Gasteiger partial charge in [0.2, 0.25) is 31.6 Å². The van der Waals surface area contributed by atoms with Gasteiger partial charge in [-0.15, -0.1) is 10.2 Å². The molecule has 14 heteroatoms. The third-order valence-corrected chi connectivity index (χ3v) is 7.56. The molecule has 2 aromatic carbocycles. The maximum atomic E-state index is 12.9. The molecule has 10 nitrogen and oxygen atoms in total. The van der Waals surface area contributed by atoms with E-state index < -0.39 is 31.4 Å². The van der Waals surface area contributed by atoms with Crippen LogP contribution in [0.15, 0.2) is 64.2 Å². The summed E-state index contributed by atoms with van der Waals surface area (Å²) in [6, 6.07) is 12.6. The predicted octanol–water partition coefficient (Wildman–Crippen LogP) is 3.68. The fourth-order valence-corrected chi connectivity index (χ4v) is 5.43. The molecule has 0 aliphatic rings. The third-order valence-electron chi connectivity index (χ3n) is 4.32. The SMILES string of the molecule is O=S(=O)(Cc1nnc(CS(=O)(=O)c2[nH]ncc2-c2ccc(Cl)cc2)o1)Nc1ccc(Cl)cc1. The van der Waals surface area contributed by atoms with Gasteiger partial charge < -0.3 is 4.42 Å². The van der Waals surface area contributed by atoms with Gasteiger partial charge in [0.05, 0.1) is 6.20 Å². The van der Waals surface area contributed by atoms with Crippen molar-refractivity contribution in [2.24, 2.45) is 0 Å². The van der Waals surface area contributed by atoms with Crippen LogP contribution in [0.3, 0.4) is 0 Å². The van der Waals surface area contributed by atoms with Gasteiger partial charge in [0.1, 0.15) is 11.5 Å². The molecule has 0 aliphatic carbocycles. The molecule has 4 aromatic rings. The number of aromatic nitrogens is 4. The highest BCUT2D eigenvalue weighted by molar-refractivity contribution is 7.92. The average Bonchev–Trinajstić information content (AvgIpc) is 3.40. The summed E-state index contributed by atoms with van der Waals surface area (Å²) in [5.74, 6) is -1.80. The minimum atomic E-state index is -3.97. The number of sulfone groups is 1. The Kier molecular flexibility index (Phi) is 6.43. The molecule has 0 fully saturated rings. The summed E-state index contributed by atoms with van der Waals surface area (Å²) in [5.41, 5.74) is 1.24. The first-order valence-corrected chi connectivity index (χ1v) is 13.3. The van der Waals surface area contributed by atoms with Gasteiger partial charge in [-0.1, -0.05) is 35.3 Å². The molecule has 2 heterocycles. The Hall–Kier alpha value is -2.93. The van der Waals surface area contributed by atoms with Gasteiger partial charge in [-0.05, 0) is 42.0 Å². The zero-order valence-electron chi connectivity index (χ0n) is 16.6. The highest BCUT2D eigenvalue weighted by atomic mass is 35.5. The summed E-state index contributed by atoms with van der Waals surface area (Å²) >= 11 is 11.7. The Morgan fingerprint density at radius 1 is 0.848 bits per heavy atom. The van der Waals surface area contributed by atoms with Crippen molar-refractivity contribution in [1.29, 1.82) is 0 Å². The zero-order chi connectivity index (χ0) is 23.6. The van der Waals surface area contributed by atoms with E-state index in [4.69, 9.17) is 27.6 Å².